The van der Waals surface area contributed by atoms with Gasteiger partial charge in [0.25, 0.3) is 5.91 Å². The molecule has 10 heteroatoms. The van der Waals surface area contributed by atoms with Gasteiger partial charge in [0.1, 0.15) is 11.6 Å². The molecule has 0 bridgehead atoms. The Morgan fingerprint density at radius 3 is 2.54 bits per heavy atom. The molecule has 1 aromatic heterocycles. The van der Waals surface area contributed by atoms with E-state index in [2.05, 4.69) is 21.5 Å². The monoisotopic (exact) mass is 417 g/mol. The summed E-state index contributed by atoms with van der Waals surface area (Å²) in [6.45, 7) is 1.49. The first-order chi connectivity index (χ1) is 12.9. The van der Waals surface area contributed by atoms with Gasteiger partial charge in [-0.3, -0.25) is 4.79 Å². The number of nitrogens with zero attached hydrogens (tertiary/aromatic N) is 1. The summed E-state index contributed by atoms with van der Waals surface area (Å²) in [4.78, 5) is 14.6. The van der Waals surface area contributed by atoms with Crippen molar-refractivity contribution in [2.45, 2.75) is 55.9 Å². The summed E-state index contributed by atoms with van der Waals surface area (Å²) < 4.78 is 64.5. The van der Waals surface area contributed by atoms with Gasteiger partial charge in [0.05, 0.1) is 11.8 Å². The SMILES string of the molecule is C#CC(CC)(NC(=O)c1cc(F)cnc1NC1CCC(F)(F)CC1)S(C)(=O)=O. The lowest BCUT2D eigenvalue weighted by molar-refractivity contribution is -0.0361. The molecule has 1 saturated carbocycles. The number of hydrogen-bond acceptors (Lipinski definition) is 5. The van der Waals surface area contributed by atoms with Gasteiger partial charge in [-0.15, -0.1) is 6.42 Å². The van der Waals surface area contributed by atoms with Crippen LogP contribution in [-0.2, 0) is 9.84 Å². The van der Waals surface area contributed by atoms with Crippen LogP contribution in [-0.4, -0.2) is 42.4 Å². The first-order valence-electron chi connectivity index (χ1n) is 8.73. The van der Waals surface area contributed by atoms with E-state index in [-0.39, 0.29) is 49.5 Å². The van der Waals surface area contributed by atoms with Gasteiger partial charge in [0, 0.05) is 25.1 Å². The molecule has 28 heavy (non-hydrogen) atoms. The number of carbonyl (C=O) groups excluding carboxylic acids is 1. The summed E-state index contributed by atoms with van der Waals surface area (Å²) in [5.74, 6) is -2.40. The average molecular weight is 417 g/mol. The van der Waals surface area contributed by atoms with Crippen LogP contribution in [0.3, 0.4) is 0 Å². The number of halogens is 3. The van der Waals surface area contributed by atoms with Gasteiger partial charge in [-0.25, -0.2) is 26.6 Å². The van der Waals surface area contributed by atoms with Crippen molar-refractivity contribution in [3.63, 3.8) is 0 Å². The Morgan fingerprint density at radius 1 is 1.43 bits per heavy atom. The summed E-state index contributed by atoms with van der Waals surface area (Å²) in [7, 11) is -3.88. The van der Waals surface area contributed by atoms with Crippen molar-refractivity contribution in [2.75, 3.05) is 11.6 Å². The standard InChI is InChI=1S/C18H22F3N3O3S/c1-4-18(5-2,28(3,26)27)24-16(25)14-10-12(19)11-22-15(14)23-13-6-8-17(20,21)9-7-13/h1,10-11,13H,5-9H2,2-3H3,(H,22,23)(H,24,25). The molecule has 0 aromatic carbocycles. The molecule has 154 valence electrons. The van der Waals surface area contributed by atoms with E-state index in [1.165, 1.54) is 6.92 Å². The molecule has 1 aromatic rings. The van der Waals surface area contributed by atoms with E-state index < -0.39 is 32.4 Å². The van der Waals surface area contributed by atoms with E-state index >= 15 is 0 Å². The van der Waals surface area contributed by atoms with Gasteiger partial charge in [-0.2, -0.15) is 0 Å². The summed E-state index contributed by atoms with van der Waals surface area (Å²) in [5.41, 5.74) is -0.256. The predicted molar refractivity (Wildman–Crippen MR) is 99.2 cm³/mol. The summed E-state index contributed by atoms with van der Waals surface area (Å²) in [6, 6.07) is 0.518. The molecule has 6 nitrogen and oxygen atoms in total. The van der Waals surface area contributed by atoms with Gasteiger partial charge in [0.2, 0.25) is 10.8 Å². The number of anilines is 1. The second kappa shape index (κ2) is 7.99. The van der Waals surface area contributed by atoms with Gasteiger partial charge in [-0.05, 0) is 25.3 Å². The highest BCUT2D eigenvalue weighted by atomic mass is 32.2. The number of pyridine rings is 1. The maximum absolute atomic E-state index is 13.7. The van der Waals surface area contributed by atoms with Crippen LogP contribution in [0.5, 0.6) is 0 Å². The molecule has 0 aliphatic heterocycles. The molecular weight excluding hydrogens is 395 g/mol. The van der Waals surface area contributed by atoms with Gasteiger partial charge >= 0.3 is 0 Å². The minimum Gasteiger partial charge on any atom is -0.367 e. The molecular formula is C18H22F3N3O3S. The molecule has 0 saturated heterocycles. The van der Waals surface area contributed by atoms with E-state index in [9.17, 15) is 26.4 Å². The molecule has 0 spiro atoms. The van der Waals surface area contributed by atoms with Crippen molar-refractivity contribution in [3.8, 4) is 12.3 Å². The van der Waals surface area contributed by atoms with Gasteiger partial charge in [-0.1, -0.05) is 12.8 Å². The highest BCUT2D eigenvalue weighted by molar-refractivity contribution is 7.92. The largest absolute Gasteiger partial charge is 0.367 e. The number of aromatic nitrogens is 1. The van der Waals surface area contributed by atoms with E-state index in [0.29, 0.717) is 0 Å². The van der Waals surface area contributed by atoms with Crippen LogP contribution >= 0.6 is 0 Å². The van der Waals surface area contributed by atoms with Crippen molar-refractivity contribution in [1.29, 1.82) is 0 Å². The number of hydrogen-bond donors (Lipinski definition) is 2. The predicted octanol–water partition coefficient (Wildman–Crippen LogP) is 2.72. The lowest BCUT2D eigenvalue weighted by Crippen LogP contribution is -2.52. The smallest absolute Gasteiger partial charge is 0.257 e. The van der Waals surface area contributed by atoms with Gasteiger partial charge in [0.15, 0.2) is 9.84 Å². The van der Waals surface area contributed by atoms with Crippen LogP contribution in [0.25, 0.3) is 0 Å². The lowest BCUT2D eigenvalue weighted by Gasteiger charge is -2.30. The van der Waals surface area contributed by atoms with Crippen LogP contribution in [0, 0.1) is 18.2 Å². The van der Waals surface area contributed by atoms with Crippen molar-refractivity contribution in [2.24, 2.45) is 0 Å². The molecule has 1 aliphatic carbocycles. The van der Waals surface area contributed by atoms with E-state index in [0.717, 1.165) is 18.5 Å². The van der Waals surface area contributed by atoms with Crippen LogP contribution in [0.4, 0.5) is 19.0 Å². The zero-order valence-corrected chi connectivity index (χ0v) is 16.4. The second-order valence-corrected chi connectivity index (χ2v) is 9.12. The number of terminal acetylenes is 1. The molecule has 1 amide bonds. The number of nitrogens with one attached hydrogen (secondary N) is 2. The minimum absolute atomic E-state index is 0.0235. The number of amides is 1. The second-order valence-electron chi connectivity index (χ2n) is 6.88. The number of sulfone groups is 1. The van der Waals surface area contributed by atoms with Crippen molar-refractivity contribution in [1.82, 2.24) is 10.3 Å². The number of alkyl halides is 2. The zero-order valence-electron chi connectivity index (χ0n) is 15.6. The molecule has 1 unspecified atom stereocenters. The van der Waals surface area contributed by atoms with Crippen molar-refractivity contribution in [3.05, 3.63) is 23.6 Å². The molecule has 2 N–H and O–H groups in total. The highest BCUT2D eigenvalue weighted by Gasteiger charge is 2.40. The van der Waals surface area contributed by atoms with Crippen LogP contribution in [0.1, 0.15) is 49.4 Å². The van der Waals surface area contributed by atoms with Gasteiger partial charge < -0.3 is 10.6 Å². The molecule has 1 heterocycles. The number of rotatable bonds is 6. The molecule has 2 rings (SSSR count). The molecule has 0 radical (unpaired) electrons. The lowest BCUT2D eigenvalue weighted by atomic mass is 9.92. The zero-order chi connectivity index (χ0) is 21.2. The average Bonchev–Trinajstić information content (AvgIpc) is 2.61. The Balaban J connectivity index is 2.29. The Hall–Kier alpha value is -2.28. The third kappa shape index (κ3) is 4.76. The van der Waals surface area contributed by atoms with Crippen LogP contribution in [0.15, 0.2) is 12.3 Å². The van der Waals surface area contributed by atoms with Crippen molar-refractivity contribution < 1.29 is 26.4 Å². The summed E-state index contributed by atoms with van der Waals surface area (Å²) in [6.07, 6.45) is 6.71. The Morgan fingerprint density at radius 2 is 2.04 bits per heavy atom. The molecule has 1 fully saturated rings. The number of carbonyl (C=O) groups is 1. The fourth-order valence-corrected chi connectivity index (χ4v) is 4.06. The van der Waals surface area contributed by atoms with E-state index in [1.807, 2.05) is 0 Å². The maximum Gasteiger partial charge on any atom is 0.257 e. The van der Waals surface area contributed by atoms with Crippen LogP contribution < -0.4 is 10.6 Å². The fourth-order valence-electron chi connectivity index (χ4n) is 3.04. The maximum atomic E-state index is 13.7. The third-order valence-corrected chi connectivity index (χ3v) is 6.61. The first kappa shape index (κ1) is 22.0. The van der Waals surface area contributed by atoms with E-state index in [4.69, 9.17) is 6.42 Å². The summed E-state index contributed by atoms with van der Waals surface area (Å²) >= 11 is 0. The molecule has 1 aliphatic rings. The topological polar surface area (TPSA) is 88.2 Å². The summed E-state index contributed by atoms with van der Waals surface area (Å²) in [5, 5.41) is 5.16. The molecule has 1 atom stereocenters. The van der Waals surface area contributed by atoms with Crippen molar-refractivity contribution >= 4 is 21.6 Å². The Labute approximate surface area is 162 Å². The third-order valence-electron chi connectivity index (χ3n) is 4.84. The Kier molecular flexibility index (Phi) is 6.28. The minimum atomic E-state index is -3.88. The Bertz CT molecular complexity index is 889. The highest BCUT2D eigenvalue weighted by Crippen LogP contribution is 2.34. The van der Waals surface area contributed by atoms with E-state index in [1.54, 1.807) is 0 Å². The first-order valence-corrected chi connectivity index (χ1v) is 10.6. The van der Waals surface area contributed by atoms with Crippen LogP contribution in [0.2, 0.25) is 0 Å². The normalized spacial score (nSPS) is 19.3. The quantitative estimate of drug-likeness (QED) is 0.695. The fraction of sp³-hybridized carbons (Fsp3) is 0.556.